The van der Waals surface area contributed by atoms with Crippen molar-refractivity contribution in [3.05, 3.63) is 47.7 Å². The molecule has 0 fully saturated rings. The summed E-state index contributed by atoms with van der Waals surface area (Å²) in [5.74, 6) is -0.332. The lowest BCUT2D eigenvalue weighted by molar-refractivity contribution is -0.126. The van der Waals surface area contributed by atoms with Crippen LogP contribution in [-0.4, -0.2) is 34.3 Å². The molecule has 0 radical (unpaired) electrons. The van der Waals surface area contributed by atoms with Gasteiger partial charge in [-0.2, -0.15) is 5.10 Å². The second-order valence-corrected chi connectivity index (χ2v) is 4.16. The first-order valence-corrected chi connectivity index (χ1v) is 6.07. The van der Waals surface area contributed by atoms with Crippen LogP contribution in [0, 0.1) is 0 Å². The molecule has 0 aliphatic heterocycles. The van der Waals surface area contributed by atoms with Crippen molar-refractivity contribution in [2.45, 2.75) is 6.10 Å². The molecule has 8 nitrogen and oxygen atoms in total. The molecular weight excluding hydrogens is 274 g/mol. The van der Waals surface area contributed by atoms with Gasteiger partial charge in [0.05, 0.1) is 11.8 Å². The molecule has 1 heterocycles. The fourth-order valence-electron chi connectivity index (χ4n) is 1.84. The van der Waals surface area contributed by atoms with Gasteiger partial charge < -0.3 is 21.0 Å². The Morgan fingerprint density at radius 1 is 1.48 bits per heavy atom. The zero-order valence-electron chi connectivity index (χ0n) is 11.3. The number of ether oxygens (including phenoxy) is 1. The number of carbonyl (C=O) groups is 1. The average Bonchev–Trinajstić information content (AvgIpc) is 2.96. The number of nitrogens with zero attached hydrogens (tertiary/aromatic N) is 2. The van der Waals surface area contributed by atoms with Crippen LogP contribution in [0.15, 0.2) is 41.7 Å². The van der Waals surface area contributed by atoms with E-state index >= 15 is 0 Å². The maximum atomic E-state index is 12.3. The van der Waals surface area contributed by atoms with Crippen molar-refractivity contribution in [1.29, 1.82) is 0 Å². The fraction of sp³-hybridized carbons (Fsp3) is 0.154. The number of carbonyl (C=O) groups excluding carboxylic acids is 1. The van der Waals surface area contributed by atoms with Gasteiger partial charge in [0, 0.05) is 7.11 Å². The number of nitrogens with two attached hydrogens (primary N) is 1. The van der Waals surface area contributed by atoms with E-state index in [1.165, 1.54) is 13.3 Å². The summed E-state index contributed by atoms with van der Waals surface area (Å²) in [6, 6.07) is 9.04. The lowest BCUT2D eigenvalue weighted by atomic mass is 10.1. The number of aromatic amines is 1. The van der Waals surface area contributed by atoms with Gasteiger partial charge in [0.25, 0.3) is 5.91 Å². The van der Waals surface area contributed by atoms with Crippen molar-refractivity contribution in [2.24, 2.45) is 10.9 Å². The van der Waals surface area contributed by atoms with Gasteiger partial charge in [-0.3, -0.25) is 9.89 Å². The normalized spacial score (nSPS) is 12.9. The van der Waals surface area contributed by atoms with E-state index in [-0.39, 0.29) is 17.2 Å². The van der Waals surface area contributed by atoms with Crippen molar-refractivity contribution >= 4 is 17.6 Å². The van der Waals surface area contributed by atoms with Gasteiger partial charge in [-0.25, -0.2) is 0 Å². The number of anilines is 1. The fourth-order valence-corrected chi connectivity index (χ4v) is 1.84. The molecule has 0 saturated carbocycles. The summed E-state index contributed by atoms with van der Waals surface area (Å²) in [6.07, 6.45) is 0.560. The summed E-state index contributed by atoms with van der Waals surface area (Å²) >= 11 is 0. The lowest BCUT2D eigenvalue weighted by Gasteiger charge is -2.15. The van der Waals surface area contributed by atoms with Gasteiger partial charge in [0.15, 0.2) is 11.9 Å². The van der Waals surface area contributed by atoms with Crippen LogP contribution in [0.5, 0.6) is 0 Å². The summed E-state index contributed by atoms with van der Waals surface area (Å²) in [7, 11) is 1.44. The molecule has 1 unspecified atom stereocenters. The van der Waals surface area contributed by atoms with Crippen molar-refractivity contribution in [3.63, 3.8) is 0 Å². The topological polar surface area (TPSA) is 126 Å². The number of hydrogen-bond donors (Lipinski definition) is 4. The van der Waals surface area contributed by atoms with Crippen molar-refractivity contribution in [1.82, 2.24) is 10.2 Å². The van der Waals surface area contributed by atoms with E-state index in [2.05, 4.69) is 20.7 Å². The Kier molecular flexibility index (Phi) is 4.52. The van der Waals surface area contributed by atoms with E-state index in [4.69, 9.17) is 15.7 Å². The van der Waals surface area contributed by atoms with Crippen LogP contribution >= 0.6 is 0 Å². The third-order valence-electron chi connectivity index (χ3n) is 2.85. The van der Waals surface area contributed by atoms with E-state index in [9.17, 15) is 4.79 Å². The molecule has 0 aliphatic rings. The molecular formula is C13H15N5O3. The van der Waals surface area contributed by atoms with Crippen molar-refractivity contribution in [3.8, 4) is 0 Å². The maximum absolute atomic E-state index is 12.3. The van der Waals surface area contributed by atoms with Crippen LogP contribution in [0.1, 0.15) is 17.2 Å². The average molecular weight is 289 g/mol. The minimum atomic E-state index is -0.783. The van der Waals surface area contributed by atoms with E-state index in [1.807, 2.05) is 18.2 Å². The van der Waals surface area contributed by atoms with Crippen molar-refractivity contribution in [2.75, 3.05) is 12.4 Å². The van der Waals surface area contributed by atoms with Gasteiger partial charge in [-0.1, -0.05) is 35.5 Å². The summed E-state index contributed by atoms with van der Waals surface area (Å²) in [5, 5.41) is 20.5. The van der Waals surface area contributed by atoms with E-state index in [0.29, 0.717) is 5.56 Å². The van der Waals surface area contributed by atoms with Gasteiger partial charge in [-0.15, -0.1) is 0 Å². The first-order valence-electron chi connectivity index (χ1n) is 6.07. The largest absolute Gasteiger partial charge is 0.409 e. The molecule has 0 spiro atoms. The Morgan fingerprint density at radius 2 is 2.19 bits per heavy atom. The molecule has 1 atom stereocenters. The SMILES string of the molecule is COC(C(=O)Nc1[nH]ncc1C(N)=NO)c1ccccc1. The number of nitrogens with one attached hydrogen (secondary N) is 2. The maximum Gasteiger partial charge on any atom is 0.259 e. The molecule has 0 saturated heterocycles. The number of aromatic nitrogens is 2. The highest BCUT2D eigenvalue weighted by molar-refractivity contribution is 6.05. The summed E-state index contributed by atoms with van der Waals surface area (Å²) in [5.41, 5.74) is 6.49. The predicted octanol–water partition coefficient (Wildman–Crippen LogP) is 0.830. The highest BCUT2D eigenvalue weighted by Crippen LogP contribution is 2.19. The zero-order chi connectivity index (χ0) is 15.2. The highest BCUT2D eigenvalue weighted by atomic mass is 16.5. The molecule has 1 amide bonds. The van der Waals surface area contributed by atoms with E-state index in [1.54, 1.807) is 12.1 Å². The Hall–Kier alpha value is -2.87. The molecule has 1 aromatic carbocycles. The quantitative estimate of drug-likeness (QED) is 0.281. The first-order chi connectivity index (χ1) is 10.2. The smallest absolute Gasteiger partial charge is 0.259 e. The molecule has 5 N–H and O–H groups in total. The first kappa shape index (κ1) is 14.5. The standard InChI is InChI=1S/C13H15N5O3/c1-21-10(8-5-3-2-4-6-8)13(19)16-12-9(7-15-17-12)11(14)18-20/h2-7,10,20H,1H3,(H2,14,18)(H2,15,16,17,19). The van der Waals surface area contributed by atoms with Crippen LogP contribution in [0.2, 0.25) is 0 Å². The van der Waals surface area contributed by atoms with Crippen LogP contribution < -0.4 is 11.1 Å². The molecule has 2 rings (SSSR count). The molecule has 0 bridgehead atoms. The van der Waals surface area contributed by atoms with Crippen LogP contribution in [0.25, 0.3) is 0 Å². The number of hydrogen-bond acceptors (Lipinski definition) is 5. The lowest BCUT2D eigenvalue weighted by Crippen LogP contribution is -2.24. The van der Waals surface area contributed by atoms with Crippen LogP contribution in [0.3, 0.4) is 0 Å². The van der Waals surface area contributed by atoms with E-state index in [0.717, 1.165) is 0 Å². The molecule has 8 heteroatoms. The van der Waals surface area contributed by atoms with Crippen LogP contribution in [0.4, 0.5) is 5.82 Å². The second-order valence-electron chi connectivity index (χ2n) is 4.16. The van der Waals surface area contributed by atoms with E-state index < -0.39 is 12.0 Å². The minimum absolute atomic E-state index is 0.160. The minimum Gasteiger partial charge on any atom is -0.409 e. The summed E-state index contributed by atoms with van der Waals surface area (Å²) in [4.78, 5) is 12.3. The second kappa shape index (κ2) is 6.53. The molecule has 2 aromatic rings. The Labute approximate surface area is 120 Å². The third-order valence-corrected chi connectivity index (χ3v) is 2.85. The Bertz CT molecular complexity index is 638. The van der Waals surface area contributed by atoms with Gasteiger partial charge in [0.1, 0.15) is 5.82 Å². The number of amidine groups is 1. The summed E-state index contributed by atoms with van der Waals surface area (Å²) in [6.45, 7) is 0. The molecule has 21 heavy (non-hydrogen) atoms. The highest BCUT2D eigenvalue weighted by Gasteiger charge is 2.22. The zero-order valence-corrected chi connectivity index (χ0v) is 11.3. The number of benzene rings is 1. The Balaban J connectivity index is 2.19. The van der Waals surface area contributed by atoms with Gasteiger partial charge >= 0.3 is 0 Å². The third kappa shape index (κ3) is 3.18. The van der Waals surface area contributed by atoms with Crippen LogP contribution in [-0.2, 0) is 9.53 Å². The van der Waals surface area contributed by atoms with Gasteiger partial charge in [-0.05, 0) is 5.56 Å². The van der Waals surface area contributed by atoms with Gasteiger partial charge in [0.2, 0.25) is 0 Å². The molecule has 1 aromatic heterocycles. The number of amides is 1. The Morgan fingerprint density at radius 3 is 2.81 bits per heavy atom. The molecule has 0 aliphatic carbocycles. The number of methoxy groups -OCH3 is 1. The number of H-pyrrole nitrogens is 1. The number of oxime groups is 1. The summed E-state index contributed by atoms with van der Waals surface area (Å²) < 4.78 is 5.22. The van der Waals surface area contributed by atoms with Crippen molar-refractivity contribution < 1.29 is 14.7 Å². The number of rotatable bonds is 5. The monoisotopic (exact) mass is 289 g/mol. The predicted molar refractivity (Wildman–Crippen MR) is 75.9 cm³/mol. The molecule has 110 valence electrons.